The molecule has 0 radical (unpaired) electrons. The molecule has 3 rings (SSSR count). The lowest BCUT2D eigenvalue weighted by atomic mass is 10.1. The van der Waals surface area contributed by atoms with Gasteiger partial charge in [0.25, 0.3) is 5.91 Å². The summed E-state index contributed by atoms with van der Waals surface area (Å²) < 4.78 is 11.9. The van der Waals surface area contributed by atoms with Gasteiger partial charge >= 0.3 is 5.97 Å². The zero-order valence-electron chi connectivity index (χ0n) is 16.4. The number of methoxy groups -OCH3 is 1. The Morgan fingerprint density at radius 3 is 2.53 bits per heavy atom. The predicted molar refractivity (Wildman–Crippen MR) is 109 cm³/mol. The minimum atomic E-state index is -0.668. The van der Waals surface area contributed by atoms with Gasteiger partial charge in [0.05, 0.1) is 25.3 Å². The SMILES string of the molecule is COc1ccc(-c2nn(-c3ccccc3)cc2C(=O)OCC(=O)NCCC#N)cc1. The second-order valence-corrected chi connectivity index (χ2v) is 6.23. The van der Waals surface area contributed by atoms with Crippen molar-refractivity contribution in [2.24, 2.45) is 0 Å². The molecule has 30 heavy (non-hydrogen) atoms. The number of carbonyl (C=O) groups excluding carboxylic acids is 2. The van der Waals surface area contributed by atoms with Gasteiger partial charge in [0.15, 0.2) is 6.61 Å². The van der Waals surface area contributed by atoms with E-state index in [4.69, 9.17) is 14.7 Å². The molecular formula is C22H20N4O4. The number of rotatable bonds is 8. The predicted octanol–water partition coefficient (Wildman–Crippen LogP) is 2.73. The summed E-state index contributed by atoms with van der Waals surface area (Å²) in [6.07, 6.45) is 1.76. The molecule has 0 bridgehead atoms. The lowest BCUT2D eigenvalue weighted by Gasteiger charge is -2.06. The summed E-state index contributed by atoms with van der Waals surface area (Å²) in [7, 11) is 1.57. The van der Waals surface area contributed by atoms with Crippen molar-refractivity contribution in [3.8, 4) is 28.8 Å². The van der Waals surface area contributed by atoms with Crippen LogP contribution in [0, 0.1) is 11.3 Å². The standard InChI is InChI=1S/C22H20N4O4/c1-29-18-10-8-16(9-11-18)21-19(14-26(25-21)17-6-3-2-4-7-17)22(28)30-15-20(27)24-13-5-12-23/h2-4,6-11,14H,5,13,15H2,1H3,(H,24,27). The number of hydrogen-bond donors (Lipinski definition) is 1. The van der Waals surface area contributed by atoms with Crippen molar-refractivity contribution < 1.29 is 19.1 Å². The number of nitriles is 1. The number of nitrogens with zero attached hydrogens (tertiary/aromatic N) is 3. The van der Waals surface area contributed by atoms with E-state index in [2.05, 4.69) is 10.4 Å². The van der Waals surface area contributed by atoms with E-state index in [0.29, 0.717) is 17.0 Å². The van der Waals surface area contributed by atoms with E-state index in [1.165, 1.54) is 0 Å². The van der Waals surface area contributed by atoms with Crippen LogP contribution in [0.2, 0.25) is 0 Å². The molecule has 0 fully saturated rings. The molecule has 8 nitrogen and oxygen atoms in total. The van der Waals surface area contributed by atoms with Gasteiger partial charge in [0.1, 0.15) is 17.0 Å². The number of esters is 1. The fraction of sp³-hybridized carbons (Fsp3) is 0.182. The van der Waals surface area contributed by atoms with Crippen molar-refractivity contribution in [3.63, 3.8) is 0 Å². The highest BCUT2D eigenvalue weighted by atomic mass is 16.5. The number of aromatic nitrogens is 2. The minimum absolute atomic E-state index is 0.186. The fourth-order valence-corrected chi connectivity index (χ4v) is 2.72. The molecule has 0 unspecified atom stereocenters. The molecule has 0 aliphatic rings. The van der Waals surface area contributed by atoms with Crippen LogP contribution < -0.4 is 10.1 Å². The Labute approximate surface area is 173 Å². The van der Waals surface area contributed by atoms with Crippen LogP contribution in [0.5, 0.6) is 5.75 Å². The maximum Gasteiger partial charge on any atom is 0.342 e. The summed E-state index contributed by atoms with van der Waals surface area (Å²) >= 11 is 0. The summed E-state index contributed by atoms with van der Waals surface area (Å²) in [5.74, 6) is -0.460. The molecule has 0 spiro atoms. The second kappa shape index (κ2) is 9.89. The monoisotopic (exact) mass is 404 g/mol. The molecule has 1 heterocycles. The van der Waals surface area contributed by atoms with E-state index >= 15 is 0 Å². The van der Waals surface area contributed by atoms with Crippen LogP contribution in [0.3, 0.4) is 0 Å². The summed E-state index contributed by atoms with van der Waals surface area (Å²) in [5.41, 5.74) is 2.14. The number of hydrogen-bond acceptors (Lipinski definition) is 6. The molecule has 0 aliphatic carbocycles. The number of ether oxygens (including phenoxy) is 2. The van der Waals surface area contributed by atoms with Crippen molar-refractivity contribution in [2.75, 3.05) is 20.3 Å². The van der Waals surface area contributed by atoms with E-state index in [1.807, 2.05) is 36.4 Å². The van der Waals surface area contributed by atoms with Crippen molar-refractivity contribution in [2.45, 2.75) is 6.42 Å². The smallest absolute Gasteiger partial charge is 0.342 e. The highest BCUT2D eigenvalue weighted by Crippen LogP contribution is 2.26. The number of amides is 1. The van der Waals surface area contributed by atoms with Gasteiger partial charge in [0, 0.05) is 18.3 Å². The van der Waals surface area contributed by atoms with Crippen LogP contribution in [0.15, 0.2) is 60.8 Å². The lowest BCUT2D eigenvalue weighted by Crippen LogP contribution is -2.29. The molecule has 0 atom stereocenters. The Balaban J connectivity index is 1.85. The number of benzene rings is 2. The molecule has 1 amide bonds. The zero-order valence-corrected chi connectivity index (χ0v) is 16.4. The first-order valence-corrected chi connectivity index (χ1v) is 9.22. The largest absolute Gasteiger partial charge is 0.497 e. The molecule has 8 heteroatoms. The lowest BCUT2D eigenvalue weighted by molar-refractivity contribution is -0.124. The van der Waals surface area contributed by atoms with Gasteiger partial charge in [-0.2, -0.15) is 10.4 Å². The van der Waals surface area contributed by atoms with Crippen LogP contribution in [0.4, 0.5) is 0 Å². The average molecular weight is 404 g/mol. The summed E-state index contributed by atoms with van der Waals surface area (Å²) in [5, 5.41) is 15.6. The third-order valence-corrected chi connectivity index (χ3v) is 4.21. The van der Waals surface area contributed by atoms with Crippen LogP contribution in [-0.2, 0) is 9.53 Å². The molecule has 3 aromatic rings. The Morgan fingerprint density at radius 1 is 1.13 bits per heavy atom. The molecule has 0 saturated heterocycles. The molecule has 2 aromatic carbocycles. The van der Waals surface area contributed by atoms with Crippen molar-refractivity contribution in [1.82, 2.24) is 15.1 Å². The van der Waals surface area contributed by atoms with Crippen molar-refractivity contribution in [1.29, 1.82) is 5.26 Å². The molecule has 0 aliphatic heterocycles. The van der Waals surface area contributed by atoms with E-state index < -0.39 is 18.5 Å². The van der Waals surface area contributed by atoms with Crippen LogP contribution in [0.25, 0.3) is 16.9 Å². The van der Waals surface area contributed by atoms with Crippen molar-refractivity contribution in [3.05, 3.63) is 66.4 Å². The molecular weight excluding hydrogens is 384 g/mol. The number of para-hydroxylation sites is 1. The first kappa shape index (κ1) is 20.6. The minimum Gasteiger partial charge on any atom is -0.497 e. The first-order chi connectivity index (χ1) is 14.6. The first-order valence-electron chi connectivity index (χ1n) is 9.22. The molecule has 0 saturated carbocycles. The van der Waals surface area contributed by atoms with Gasteiger partial charge in [-0.1, -0.05) is 18.2 Å². The van der Waals surface area contributed by atoms with E-state index in [1.54, 1.807) is 42.3 Å². The Morgan fingerprint density at radius 2 is 1.87 bits per heavy atom. The molecule has 152 valence electrons. The van der Waals surface area contributed by atoms with Crippen LogP contribution >= 0.6 is 0 Å². The summed E-state index contributed by atoms with van der Waals surface area (Å²) in [4.78, 5) is 24.5. The van der Waals surface area contributed by atoms with Gasteiger partial charge in [-0.05, 0) is 36.4 Å². The Kier molecular flexibility index (Phi) is 6.79. The topological polar surface area (TPSA) is 106 Å². The van der Waals surface area contributed by atoms with Gasteiger partial charge in [-0.15, -0.1) is 0 Å². The van der Waals surface area contributed by atoms with Gasteiger partial charge < -0.3 is 14.8 Å². The number of nitrogens with one attached hydrogen (secondary N) is 1. The molecule has 1 aromatic heterocycles. The van der Waals surface area contributed by atoms with Gasteiger partial charge in [0.2, 0.25) is 0 Å². The number of carbonyl (C=O) groups is 2. The van der Waals surface area contributed by atoms with E-state index in [0.717, 1.165) is 5.69 Å². The van der Waals surface area contributed by atoms with Gasteiger partial charge in [-0.3, -0.25) is 4.79 Å². The maximum atomic E-state index is 12.7. The third kappa shape index (κ3) is 5.02. The maximum absolute atomic E-state index is 12.7. The Hall–Kier alpha value is -4.12. The average Bonchev–Trinajstić information content (AvgIpc) is 3.24. The zero-order chi connectivity index (χ0) is 21.3. The van der Waals surface area contributed by atoms with Gasteiger partial charge in [-0.25, -0.2) is 9.48 Å². The van der Waals surface area contributed by atoms with Crippen LogP contribution in [-0.4, -0.2) is 41.9 Å². The molecule has 1 N–H and O–H groups in total. The third-order valence-electron chi connectivity index (χ3n) is 4.21. The Bertz CT molecular complexity index is 1050. The highest BCUT2D eigenvalue weighted by Gasteiger charge is 2.21. The van der Waals surface area contributed by atoms with E-state index in [9.17, 15) is 9.59 Å². The normalized spacial score (nSPS) is 10.1. The summed E-state index contributed by atoms with van der Waals surface area (Å²) in [6.45, 7) is -0.237. The second-order valence-electron chi connectivity index (χ2n) is 6.23. The van der Waals surface area contributed by atoms with Crippen molar-refractivity contribution >= 4 is 11.9 Å². The quantitative estimate of drug-likeness (QED) is 0.457. The van der Waals surface area contributed by atoms with E-state index in [-0.39, 0.29) is 18.5 Å². The van der Waals surface area contributed by atoms with Crippen LogP contribution in [0.1, 0.15) is 16.8 Å². The fourth-order valence-electron chi connectivity index (χ4n) is 2.72. The highest BCUT2D eigenvalue weighted by molar-refractivity contribution is 5.97. The summed E-state index contributed by atoms with van der Waals surface area (Å²) in [6, 6.07) is 18.4.